The smallest absolute Gasteiger partial charge is 0.192 e. The maximum Gasteiger partial charge on any atom is 0.192 e. The Balaban J connectivity index is 4.37. The van der Waals surface area contributed by atoms with E-state index in [0.29, 0.717) is 0 Å². The van der Waals surface area contributed by atoms with Gasteiger partial charge in [-0.1, -0.05) is 40.5 Å². The van der Waals surface area contributed by atoms with Crippen molar-refractivity contribution in [1.29, 1.82) is 0 Å². The molecule has 0 aromatic heterocycles. The van der Waals surface area contributed by atoms with Crippen LogP contribution >= 0.6 is 0 Å². The van der Waals surface area contributed by atoms with Gasteiger partial charge in [0, 0.05) is 0 Å². The van der Waals surface area contributed by atoms with Crippen LogP contribution in [-0.4, -0.2) is 13.9 Å². The van der Waals surface area contributed by atoms with Crippen LogP contribution < -0.4 is 0 Å². The molecular weight excluding hydrogens is 200 g/mol. The van der Waals surface area contributed by atoms with Gasteiger partial charge in [0.2, 0.25) is 0 Å². The average Bonchev–Trinajstić information content (AvgIpc) is 2.23. The van der Waals surface area contributed by atoms with E-state index in [1.165, 1.54) is 37.4 Å². The third kappa shape index (κ3) is 5.16. The van der Waals surface area contributed by atoms with Crippen LogP contribution in [0.4, 0.5) is 0 Å². The van der Waals surface area contributed by atoms with Gasteiger partial charge in [-0.05, 0) is 38.4 Å². The quantitative estimate of drug-likeness (QED) is 0.535. The molecule has 0 atom stereocenters. The topological polar surface area (TPSA) is 9.23 Å². The van der Waals surface area contributed by atoms with E-state index in [4.69, 9.17) is 4.43 Å². The lowest BCUT2D eigenvalue weighted by Gasteiger charge is -2.38. The minimum absolute atomic E-state index is 0.101. The molecule has 0 saturated carbocycles. The number of unbranched alkanes of at least 4 members (excludes halogenated alkanes) is 1. The normalized spacial score (nSPS) is 13.2. The largest absolute Gasteiger partial charge is 0.412 e. The highest BCUT2D eigenvalue weighted by atomic mass is 28.4. The molecule has 0 heterocycles. The Hall–Kier alpha value is 0.177. The van der Waals surface area contributed by atoms with Gasteiger partial charge in [0.15, 0.2) is 8.32 Å². The summed E-state index contributed by atoms with van der Waals surface area (Å²) in [6, 6.07) is 3.78. The van der Waals surface area contributed by atoms with Gasteiger partial charge in [-0.25, -0.2) is 0 Å². The van der Waals surface area contributed by atoms with E-state index in [1.54, 1.807) is 0 Å². The van der Waals surface area contributed by atoms with Crippen LogP contribution in [0.5, 0.6) is 0 Å². The van der Waals surface area contributed by atoms with E-state index < -0.39 is 8.32 Å². The zero-order chi connectivity index (χ0) is 11.9. The molecule has 15 heavy (non-hydrogen) atoms. The first kappa shape index (κ1) is 15.2. The molecule has 0 rings (SSSR count). The summed E-state index contributed by atoms with van der Waals surface area (Å²) in [5.41, 5.74) is 0.101. The van der Waals surface area contributed by atoms with Gasteiger partial charge in [0.05, 0.1) is 5.60 Å². The zero-order valence-corrected chi connectivity index (χ0v) is 12.7. The van der Waals surface area contributed by atoms with Crippen LogP contribution in [0.1, 0.15) is 60.8 Å². The molecule has 0 aliphatic rings. The van der Waals surface area contributed by atoms with Crippen LogP contribution in [-0.2, 0) is 4.43 Å². The Morgan fingerprint density at radius 3 is 1.73 bits per heavy atom. The van der Waals surface area contributed by atoms with Crippen LogP contribution in [0, 0.1) is 0 Å². The molecule has 0 fully saturated rings. The lowest BCUT2D eigenvalue weighted by atomic mass is 10.0. The third-order valence-corrected chi connectivity index (χ3v) is 8.41. The Labute approximate surface area is 97.7 Å². The summed E-state index contributed by atoms with van der Waals surface area (Å²) >= 11 is 0. The summed E-state index contributed by atoms with van der Waals surface area (Å²) < 4.78 is 6.51. The van der Waals surface area contributed by atoms with Crippen molar-refractivity contribution in [2.24, 2.45) is 0 Å². The third-order valence-electron chi connectivity index (χ3n) is 3.56. The van der Waals surface area contributed by atoms with Crippen molar-refractivity contribution in [3.8, 4) is 0 Å². The van der Waals surface area contributed by atoms with Gasteiger partial charge < -0.3 is 4.43 Å². The molecule has 2 heteroatoms. The summed E-state index contributed by atoms with van der Waals surface area (Å²) in [4.78, 5) is 0. The molecule has 0 N–H and O–H groups in total. The Morgan fingerprint density at radius 1 is 0.933 bits per heavy atom. The fourth-order valence-corrected chi connectivity index (χ4v) is 5.41. The van der Waals surface area contributed by atoms with E-state index in [1.807, 2.05) is 0 Å². The standard InChI is InChI=1S/C13H30OSi/c1-7-11-12-13(5,6)14-15(8-2,9-3)10-4/h7-12H2,1-6H3. The molecule has 1 nitrogen and oxygen atoms in total. The summed E-state index contributed by atoms with van der Waals surface area (Å²) in [6.45, 7) is 13.7. The lowest BCUT2D eigenvalue weighted by molar-refractivity contribution is 0.0833. The molecule has 92 valence electrons. The van der Waals surface area contributed by atoms with Crippen molar-refractivity contribution in [2.75, 3.05) is 0 Å². The van der Waals surface area contributed by atoms with E-state index in [-0.39, 0.29) is 5.60 Å². The average molecular weight is 230 g/mol. The molecule has 0 aromatic carbocycles. The molecule has 0 aromatic rings. The Morgan fingerprint density at radius 2 is 1.40 bits per heavy atom. The van der Waals surface area contributed by atoms with E-state index in [0.717, 1.165) is 0 Å². The predicted molar refractivity (Wildman–Crippen MR) is 71.9 cm³/mol. The molecule has 0 unspecified atom stereocenters. The lowest BCUT2D eigenvalue weighted by Crippen LogP contribution is -2.44. The molecule has 0 spiro atoms. The van der Waals surface area contributed by atoms with Gasteiger partial charge in [-0.2, -0.15) is 0 Å². The van der Waals surface area contributed by atoms with E-state index in [2.05, 4.69) is 41.5 Å². The minimum atomic E-state index is -1.40. The van der Waals surface area contributed by atoms with Gasteiger partial charge in [0.1, 0.15) is 0 Å². The fourth-order valence-electron chi connectivity index (χ4n) is 2.21. The van der Waals surface area contributed by atoms with Crippen molar-refractivity contribution >= 4 is 8.32 Å². The molecule has 0 aliphatic heterocycles. The van der Waals surface area contributed by atoms with Gasteiger partial charge in [-0.15, -0.1) is 0 Å². The van der Waals surface area contributed by atoms with Crippen molar-refractivity contribution < 1.29 is 4.43 Å². The first-order valence-corrected chi connectivity index (χ1v) is 9.18. The molecular formula is C13H30OSi. The monoisotopic (exact) mass is 230 g/mol. The second kappa shape index (κ2) is 6.69. The first-order valence-electron chi connectivity index (χ1n) is 6.65. The number of hydrogen-bond acceptors (Lipinski definition) is 1. The molecule has 0 amide bonds. The van der Waals surface area contributed by atoms with Crippen LogP contribution in [0.2, 0.25) is 18.1 Å². The maximum absolute atomic E-state index is 6.51. The number of hydrogen-bond donors (Lipinski definition) is 0. The Bertz CT molecular complexity index is 154. The first-order chi connectivity index (χ1) is 6.95. The van der Waals surface area contributed by atoms with Crippen molar-refractivity contribution in [3.63, 3.8) is 0 Å². The van der Waals surface area contributed by atoms with Crippen LogP contribution in [0.25, 0.3) is 0 Å². The summed E-state index contributed by atoms with van der Waals surface area (Å²) in [6.07, 6.45) is 3.76. The van der Waals surface area contributed by atoms with Crippen molar-refractivity contribution in [2.45, 2.75) is 84.5 Å². The maximum atomic E-state index is 6.51. The summed E-state index contributed by atoms with van der Waals surface area (Å²) in [5.74, 6) is 0. The highest BCUT2D eigenvalue weighted by molar-refractivity contribution is 6.73. The van der Waals surface area contributed by atoms with Crippen LogP contribution in [0.15, 0.2) is 0 Å². The highest BCUT2D eigenvalue weighted by Crippen LogP contribution is 2.30. The zero-order valence-electron chi connectivity index (χ0n) is 11.7. The van der Waals surface area contributed by atoms with Crippen molar-refractivity contribution in [3.05, 3.63) is 0 Å². The second-order valence-electron chi connectivity index (χ2n) is 5.21. The molecule has 0 aliphatic carbocycles. The summed E-state index contributed by atoms with van der Waals surface area (Å²) in [5, 5.41) is 0. The fraction of sp³-hybridized carbons (Fsp3) is 1.00. The predicted octanol–water partition coefficient (Wildman–Crippen LogP) is 4.98. The van der Waals surface area contributed by atoms with E-state index >= 15 is 0 Å². The molecule has 0 saturated heterocycles. The van der Waals surface area contributed by atoms with E-state index in [9.17, 15) is 0 Å². The summed E-state index contributed by atoms with van der Waals surface area (Å²) in [7, 11) is -1.40. The van der Waals surface area contributed by atoms with Crippen LogP contribution in [0.3, 0.4) is 0 Å². The van der Waals surface area contributed by atoms with Gasteiger partial charge in [-0.3, -0.25) is 0 Å². The number of rotatable bonds is 8. The minimum Gasteiger partial charge on any atom is -0.412 e. The van der Waals surface area contributed by atoms with Crippen molar-refractivity contribution in [1.82, 2.24) is 0 Å². The molecule has 0 radical (unpaired) electrons. The second-order valence-corrected chi connectivity index (χ2v) is 9.90. The Kier molecular flexibility index (Phi) is 6.77. The molecule has 0 bridgehead atoms. The van der Waals surface area contributed by atoms with Gasteiger partial charge >= 0.3 is 0 Å². The SMILES string of the molecule is CCCCC(C)(C)O[Si](CC)(CC)CC. The highest BCUT2D eigenvalue weighted by Gasteiger charge is 2.34. The van der Waals surface area contributed by atoms with Gasteiger partial charge in [0.25, 0.3) is 0 Å².